The molecule has 0 spiro atoms. The minimum Gasteiger partial charge on any atom is -0.302 e. The van der Waals surface area contributed by atoms with E-state index in [1.165, 1.54) is 24.3 Å². The lowest BCUT2D eigenvalue weighted by Crippen LogP contribution is -2.12. The lowest BCUT2D eigenvalue weighted by Gasteiger charge is -2.01. The Hall–Kier alpha value is -2.77. The molecule has 0 radical (unpaired) electrons. The van der Waals surface area contributed by atoms with Crippen molar-refractivity contribution < 1.29 is 14.3 Å². The van der Waals surface area contributed by atoms with E-state index in [1.807, 2.05) is 0 Å². The van der Waals surface area contributed by atoms with Gasteiger partial charge in [0.25, 0.3) is 11.6 Å². The van der Waals surface area contributed by atoms with Crippen LogP contribution in [0.5, 0.6) is 0 Å². The number of nitrogens with zero attached hydrogens (tertiary/aromatic N) is 3. The van der Waals surface area contributed by atoms with Gasteiger partial charge in [-0.2, -0.15) is 0 Å². The molecule has 0 aliphatic carbocycles. The van der Waals surface area contributed by atoms with E-state index in [0.29, 0.717) is 5.69 Å². The fourth-order valence-electron chi connectivity index (χ4n) is 1.26. The Morgan fingerprint density at radius 1 is 1.33 bits per heavy atom. The molecule has 1 N–H and O–H groups in total. The Bertz CT molecular complexity index is 590. The van der Waals surface area contributed by atoms with Gasteiger partial charge in [0.2, 0.25) is 5.82 Å². The first-order valence-electron chi connectivity index (χ1n) is 4.93. The highest BCUT2D eigenvalue weighted by molar-refractivity contribution is 6.04. The van der Waals surface area contributed by atoms with Gasteiger partial charge in [0.15, 0.2) is 0 Å². The largest absolute Gasteiger partial charge is 0.302 e. The topological polar surface area (TPSA) is 111 Å². The fraction of sp³-hybridized carbons (Fsp3) is 0.100. The summed E-state index contributed by atoms with van der Waals surface area (Å²) in [7, 11) is 0. The number of benzene rings is 1. The number of amides is 1. The summed E-state index contributed by atoms with van der Waals surface area (Å²) in [4.78, 5) is 21.7. The number of rotatable bonds is 3. The molecule has 8 heteroatoms. The molecule has 8 nitrogen and oxygen atoms in total. The quantitative estimate of drug-likeness (QED) is 0.651. The third-order valence-electron chi connectivity index (χ3n) is 2.22. The molecular weight excluding hydrogens is 240 g/mol. The van der Waals surface area contributed by atoms with Crippen molar-refractivity contribution in [2.45, 2.75) is 6.92 Å². The highest BCUT2D eigenvalue weighted by Crippen LogP contribution is 2.14. The summed E-state index contributed by atoms with van der Waals surface area (Å²) in [5, 5.41) is 19.9. The Morgan fingerprint density at radius 2 is 2.00 bits per heavy atom. The van der Waals surface area contributed by atoms with E-state index in [2.05, 4.69) is 20.3 Å². The molecule has 0 unspecified atom stereocenters. The summed E-state index contributed by atoms with van der Waals surface area (Å²) < 4.78 is 4.43. The van der Waals surface area contributed by atoms with E-state index in [0.717, 1.165) is 0 Å². The van der Waals surface area contributed by atoms with Crippen molar-refractivity contribution in [1.82, 2.24) is 10.3 Å². The predicted octanol–water partition coefficient (Wildman–Crippen LogP) is 1.54. The number of hydrogen-bond donors (Lipinski definition) is 1. The molecule has 18 heavy (non-hydrogen) atoms. The van der Waals surface area contributed by atoms with Gasteiger partial charge in [-0.1, -0.05) is 5.16 Å². The maximum absolute atomic E-state index is 11.8. The zero-order valence-electron chi connectivity index (χ0n) is 9.28. The maximum atomic E-state index is 11.8. The van der Waals surface area contributed by atoms with E-state index >= 15 is 0 Å². The number of aromatic nitrogens is 2. The fourth-order valence-corrected chi connectivity index (χ4v) is 1.26. The lowest BCUT2D eigenvalue weighted by molar-refractivity contribution is -0.384. The van der Waals surface area contributed by atoms with Crippen LogP contribution in [0.2, 0.25) is 0 Å². The second-order valence-corrected chi connectivity index (χ2v) is 3.46. The number of carbonyl (C=O) groups excluding carboxylic acids is 1. The molecule has 1 aromatic carbocycles. The molecule has 0 fully saturated rings. The van der Waals surface area contributed by atoms with Crippen LogP contribution in [0.4, 0.5) is 11.5 Å². The highest BCUT2D eigenvalue weighted by Gasteiger charge is 2.12. The van der Waals surface area contributed by atoms with Crippen molar-refractivity contribution in [1.29, 1.82) is 0 Å². The van der Waals surface area contributed by atoms with Gasteiger partial charge in [0.1, 0.15) is 5.69 Å². The number of hydrogen-bond acceptors (Lipinski definition) is 6. The van der Waals surface area contributed by atoms with Crippen molar-refractivity contribution in [2.75, 3.05) is 5.32 Å². The third-order valence-corrected chi connectivity index (χ3v) is 2.22. The van der Waals surface area contributed by atoms with Crippen LogP contribution in [-0.2, 0) is 0 Å². The maximum Gasteiger partial charge on any atom is 0.269 e. The number of nitro benzene ring substituents is 1. The van der Waals surface area contributed by atoms with Crippen molar-refractivity contribution in [3.63, 3.8) is 0 Å². The minimum absolute atomic E-state index is 0.0779. The van der Waals surface area contributed by atoms with E-state index in [-0.39, 0.29) is 17.1 Å². The van der Waals surface area contributed by atoms with Crippen LogP contribution in [0.3, 0.4) is 0 Å². The molecule has 1 aromatic heterocycles. The molecule has 0 aliphatic heterocycles. The molecule has 2 aromatic rings. The first-order valence-corrected chi connectivity index (χ1v) is 4.93. The SMILES string of the molecule is Cc1nonc1NC(=O)c1ccc([N+](=O)[O-])cc1. The first kappa shape index (κ1) is 11.7. The Balaban J connectivity index is 2.14. The summed E-state index contributed by atoms with van der Waals surface area (Å²) in [6.45, 7) is 1.63. The van der Waals surface area contributed by atoms with E-state index in [1.54, 1.807) is 6.92 Å². The minimum atomic E-state index is -0.534. The van der Waals surface area contributed by atoms with Crippen LogP contribution in [0.15, 0.2) is 28.9 Å². The monoisotopic (exact) mass is 248 g/mol. The van der Waals surface area contributed by atoms with Gasteiger partial charge in [-0.15, -0.1) is 0 Å². The Labute approximate surface area is 101 Å². The van der Waals surface area contributed by atoms with Crippen molar-refractivity contribution >= 4 is 17.4 Å². The van der Waals surface area contributed by atoms with Crippen LogP contribution in [0, 0.1) is 17.0 Å². The smallest absolute Gasteiger partial charge is 0.269 e. The summed E-state index contributed by atoms with van der Waals surface area (Å²) in [5.41, 5.74) is 0.652. The average molecular weight is 248 g/mol. The molecule has 92 valence electrons. The summed E-state index contributed by atoms with van der Waals surface area (Å²) in [6.07, 6.45) is 0. The second kappa shape index (κ2) is 4.62. The molecule has 0 bridgehead atoms. The second-order valence-electron chi connectivity index (χ2n) is 3.46. The number of aryl methyl sites for hydroxylation is 1. The van der Waals surface area contributed by atoms with Crippen LogP contribution < -0.4 is 5.32 Å². The molecule has 0 atom stereocenters. The highest BCUT2D eigenvalue weighted by atomic mass is 16.6. The molecule has 1 heterocycles. The van der Waals surface area contributed by atoms with Gasteiger partial charge < -0.3 is 5.32 Å². The predicted molar refractivity (Wildman–Crippen MR) is 60.1 cm³/mol. The van der Waals surface area contributed by atoms with Crippen molar-refractivity contribution in [3.8, 4) is 0 Å². The van der Waals surface area contributed by atoms with Crippen LogP contribution in [0.25, 0.3) is 0 Å². The van der Waals surface area contributed by atoms with E-state index < -0.39 is 10.8 Å². The number of anilines is 1. The lowest BCUT2D eigenvalue weighted by atomic mass is 10.2. The van der Waals surface area contributed by atoms with Gasteiger partial charge in [-0.25, -0.2) is 4.63 Å². The summed E-state index contributed by atoms with van der Waals surface area (Å²) in [6, 6.07) is 5.22. The number of carbonyl (C=O) groups is 1. The van der Waals surface area contributed by atoms with Crippen molar-refractivity contribution in [2.24, 2.45) is 0 Å². The van der Waals surface area contributed by atoms with Crippen LogP contribution in [-0.4, -0.2) is 21.1 Å². The van der Waals surface area contributed by atoms with E-state index in [4.69, 9.17) is 0 Å². The molecular formula is C10H8N4O4. The number of nitrogens with one attached hydrogen (secondary N) is 1. The van der Waals surface area contributed by atoms with Crippen molar-refractivity contribution in [3.05, 3.63) is 45.6 Å². The number of nitro groups is 1. The first-order chi connectivity index (χ1) is 8.58. The number of non-ortho nitro benzene ring substituents is 1. The van der Waals surface area contributed by atoms with Gasteiger partial charge >= 0.3 is 0 Å². The van der Waals surface area contributed by atoms with Crippen LogP contribution in [0.1, 0.15) is 16.1 Å². The normalized spacial score (nSPS) is 10.1. The molecule has 0 saturated heterocycles. The van der Waals surface area contributed by atoms with Gasteiger partial charge in [-0.05, 0) is 24.2 Å². The summed E-state index contributed by atoms with van der Waals surface area (Å²) >= 11 is 0. The van der Waals surface area contributed by atoms with Gasteiger partial charge in [0.05, 0.1) is 4.92 Å². The zero-order valence-corrected chi connectivity index (χ0v) is 9.28. The molecule has 0 saturated carbocycles. The average Bonchev–Trinajstić information content (AvgIpc) is 2.75. The standard InChI is InChI=1S/C10H8N4O4/c1-6-9(13-18-12-6)11-10(15)7-2-4-8(5-3-7)14(16)17/h2-5H,1H3,(H,11,13,15). The van der Waals surface area contributed by atoms with Crippen LogP contribution >= 0.6 is 0 Å². The van der Waals surface area contributed by atoms with Gasteiger partial charge in [-0.3, -0.25) is 14.9 Å². The Kier molecular flexibility index (Phi) is 3.00. The van der Waals surface area contributed by atoms with Gasteiger partial charge in [0, 0.05) is 17.7 Å². The molecule has 0 aliphatic rings. The summed E-state index contributed by atoms with van der Waals surface area (Å²) in [5.74, 6) is -0.220. The third kappa shape index (κ3) is 2.32. The molecule has 1 amide bonds. The zero-order chi connectivity index (χ0) is 13.1. The molecule has 2 rings (SSSR count). The van der Waals surface area contributed by atoms with E-state index in [9.17, 15) is 14.9 Å². The Morgan fingerprint density at radius 3 is 2.50 bits per heavy atom.